The molecule has 0 aromatic rings. The molecule has 56 valence electrons. The Balaban J connectivity index is 2.24. The summed E-state index contributed by atoms with van der Waals surface area (Å²) in [7, 11) is 0. The van der Waals surface area contributed by atoms with Crippen LogP contribution in [0.15, 0.2) is 12.2 Å². The van der Waals surface area contributed by atoms with Crippen LogP contribution in [0, 0.1) is 5.92 Å². The first-order valence-electron chi connectivity index (χ1n) is 3.67. The quantitative estimate of drug-likeness (QED) is 0.570. The molecule has 0 aromatic carbocycles. The molecule has 1 atom stereocenters. The van der Waals surface area contributed by atoms with Crippen molar-refractivity contribution in [2.24, 2.45) is 5.92 Å². The fourth-order valence-corrected chi connectivity index (χ4v) is 0.729. The zero-order valence-corrected chi connectivity index (χ0v) is 6.42. The Morgan fingerprint density at radius 1 is 1.70 bits per heavy atom. The number of rotatable bonds is 2. The fraction of sp³-hybridized carbons (Fsp3) is 0.625. The van der Waals surface area contributed by atoms with Crippen LogP contribution in [0.4, 0.5) is 0 Å². The number of carbonyl (C=O) groups is 1. The lowest BCUT2D eigenvalue weighted by Gasteiger charge is -2.20. The fourth-order valence-electron chi connectivity index (χ4n) is 0.729. The van der Waals surface area contributed by atoms with E-state index in [1.54, 1.807) is 0 Å². The van der Waals surface area contributed by atoms with Crippen LogP contribution in [0.5, 0.6) is 0 Å². The second-order valence-electron chi connectivity index (χ2n) is 2.93. The van der Waals surface area contributed by atoms with Crippen molar-refractivity contribution in [3.63, 3.8) is 0 Å². The van der Waals surface area contributed by atoms with Gasteiger partial charge in [-0.05, 0) is 6.42 Å². The van der Waals surface area contributed by atoms with Crippen LogP contribution < -0.4 is 5.32 Å². The van der Waals surface area contributed by atoms with Gasteiger partial charge in [0, 0.05) is 5.92 Å². The minimum absolute atomic E-state index is 0.106. The molecule has 1 N–H and O–H groups in total. The Labute approximate surface area is 61.3 Å². The van der Waals surface area contributed by atoms with E-state index in [4.69, 9.17) is 0 Å². The van der Waals surface area contributed by atoms with E-state index in [9.17, 15) is 4.79 Å². The Morgan fingerprint density at radius 2 is 2.30 bits per heavy atom. The molecule has 0 saturated heterocycles. The number of nitrogens with one attached hydrogen (secondary N) is 1. The van der Waals surface area contributed by atoms with Crippen molar-refractivity contribution in [2.75, 3.05) is 0 Å². The number of carbonyl (C=O) groups excluding carboxylic acids is 1. The summed E-state index contributed by atoms with van der Waals surface area (Å²) in [5, 5.41) is 2.89. The molecular formula is C8H13NO. The third-order valence-corrected chi connectivity index (χ3v) is 1.61. The first-order valence-corrected chi connectivity index (χ1v) is 3.67. The van der Waals surface area contributed by atoms with E-state index in [1.807, 2.05) is 19.9 Å². The van der Waals surface area contributed by atoms with Crippen molar-refractivity contribution in [1.29, 1.82) is 0 Å². The van der Waals surface area contributed by atoms with Gasteiger partial charge in [-0.25, -0.2) is 0 Å². The number of hydrogen-bond acceptors (Lipinski definition) is 1. The first-order chi connectivity index (χ1) is 4.70. The molecule has 1 aliphatic rings. The molecule has 0 aliphatic heterocycles. The van der Waals surface area contributed by atoms with Crippen molar-refractivity contribution in [3.05, 3.63) is 12.2 Å². The largest absolute Gasteiger partial charge is 0.349 e. The van der Waals surface area contributed by atoms with Gasteiger partial charge < -0.3 is 5.32 Å². The minimum atomic E-state index is 0.106. The maximum absolute atomic E-state index is 11.0. The van der Waals surface area contributed by atoms with Crippen molar-refractivity contribution in [3.8, 4) is 0 Å². The van der Waals surface area contributed by atoms with Gasteiger partial charge in [-0.1, -0.05) is 26.0 Å². The van der Waals surface area contributed by atoms with Gasteiger partial charge in [0.05, 0.1) is 6.04 Å². The molecule has 1 amide bonds. The molecule has 0 heterocycles. The summed E-state index contributed by atoms with van der Waals surface area (Å²) in [5.74, 6) is 0.253. The third kappa shape index (κ3) is 1.59. The number of hydrogen-bond donors (Lipinski definition) is 1. The van der Waals surface area contributed by atoms with Crippen LogP contribution in [-0.4, -0.2) is 11.9 Å². The van der Waals surface area contributed by atoms with Gasteiger partial charge in [-0.3, -0.25) is 4.79 Å². The summed E-state index contributed by atoms with van der Waals surface area (Å²) in [5.41, 5.74) is 0. The Kier molecular flexibility index (Phi) is 2.10. The Hall–Kier alpha value is -0.790. The maximum Gasteiger partial charge on any atom is 0.223 e. The highest BCUT2D eigenvalue weighted by molar-refractivity contribution is 5.78. The van der Waals surface area contributed by atoms with Crippen molar-refractivity contribution in [1.82, 2.24) is 5.32 Å². The lowest BCUT2D eigenvalue weighted by Crippen LogP contribution is -2.38. The molecule has 0 radical (unpaired) electrons. The highest BCUT2D eigenvalue weighted by Crippen LogP contribution is 2.07. The van der Waals surface area contributed by atoms with E-state index in [-0.39, 0.29) is 11.8 Å². The molecule has 0 saturated carbocycles. The molecule has 0 fully saturated rings. The van der Waals surface area contributed by atoms with Crippen LogP contribution in [-0.2, 0) is 4.79 Å². The van der Waals surface area contributed by atoms with Gasteiger partial charge in [-0.2, -0.15) is 0 Å². The summed E-state index contributed by atoms with van der Waals surface area (Å²) in [6.07, 6.45) is 5.07. The van der Waals surface area contributed by atoms with Gasteiger partial charge >= 0.3 is 0 Å². The van der Waals surface area contributed by atoms with Crippen molar-refractivity contribution in [2.45, 2.75) is 26.3 Å². The molecule has 10 heavy (non-hydrogen) atoms. The van der Waals surface area contributed by atoms with E-state index in [2.05, 4.69) is 11.4 Å². The van der Waals surface area contributed by atoms with Crippen molar-refractivity contribution < 1.29 is 4.79 Å². The summed E-state index contributed by atoms with van der Waals surface area (Å²) in [6, 6.07) is 0.315. The topological polar surface area (TPSA) is 29.1 Å². The highest BCUT2D eigenvalue weighted by atomic mass is 16.1. The second kappa shape index (κ2) is 2.86. The molecule has 0 spiro atoms. The lowest BCUT2D eigenvalue weighted by atomic mass is 10.0. The van der Waals surface area contributed by atoms with E-state index >= 15 is 0 Å². The Bertz CT molecular complexity index is 161. The standard InChI is InChI=1S/C8H13NO/c1-6(2)8(10)9-7-4-3-5-7/h3-4,6-7H,5H2,1-2H3,(H,9,10). The minimum Gasteiger partial charge on any atom is -0.349 e. The van der Waals surface area contributed by atoms with Crippen LogP contribution in [0.2, 0.25) is 0 Å². The zero-order chi connectivity index (χ0) is 7.56. The van der Waals surface area contributed by atoms with E-state index in [1.165, 1.54) is 0 Å². The molecule has 2 nitrogen and oxygen atoms in total. The lowest BCUT2D eigenvalue weighted by molar-refractivity contribution is -0.124. The predicted octanol–water partition coefficient (Wildman–Crippen LogP) is 1.09. The van der Waals surface area contributed by atoms with Gasteiger partial charge in [0.1, 0.15) is 0 Å². The van der Waals surface area contributed by atoms with Gasteiger partial charge in [0.2, 0.25) is 5.91 Å². The third-order valence-electron chi connectivity index (χ3n) is 1.61. The van der Waals surface area contributed by atoms with Gasteiger partial charge in [0.25, 0.3) is 0 Å². The average molecular weight is 139 g/mol. The molecule has 1 aliphatic carbocycles. The summed E-state index contributed by atoms with van der Waals surface area (Å²) >= 11 is 0. The summed E-state index contributed by atoms with van der Waals surface area (Å²) in [4.78, 5) is 11.0. The molecular weight excluding hydrogens is 126 g/mol. The van der Waals surface area contributed by atoms with Crippen LogP contribution in [0.1, 0.15) is 20.3 Å². The SMILES string of the molecule is CC(C)C(=O)NC1C=CC1. The monoisotopic (exact) mass is 139 g/mol. The molecule has 0 bridgehead atoms. The van der Waals surface area contributed by atoms with Crippen LogP contribution >= 0.6 is 0 Å². The van der Waals surface area contributed by atoms with Crippen LogP contribution in [0.25, 0.3) is 0 Å². The number of amides is 1. The molecule has 0 aromatic heterocycles. The normalized spacial score (nSPS) is 22.5. The maximum atomic E-state index is 11.0. The summed E-state index contributed by atoms with van der Waals surface area (Å²) in [6.45, 7) is 3.80. The Morgan fingerprint density at radius 3 is 2.60 bits per heavy atom. The van der Waals surface area contributed by atoms with E-state index in [0.717, 1.165) is 6.42 Å². The van der Waals surface area contributed by atoms with E-state index < -0.39 is 0 Å². The molecule has 2 heteroatoms. The van der Waals surface area contributed by atoms with Gasteiger partial charge in [0.15, 0.2) is 0 Å². The average Bonchev–Trinajstić information content (AvgIpc) is 1.77. The predicted molar refractivity (Wildman–Crippen MR) is 40.5 cm³/mol. The van der Waals surface area contributed by atoms with E-state index in [0.29, 0.717) is 6.04 Å². The van der Waals surface area contributed by atoms with Crippen LogP contribution in [0.3, 0.4) is 0 Å². The first kappa shape index (κ1) is 7.32. The highest BCUT2D eigenvalue weighted by Gasteiger charge is 2.14. The molecule has 1 rings (SSSR count). The van der Waals surface area contributed by atoms with Gasteiger partial charge in [-0.15, -0.1) is 0 Å². The smallest absolute Gasteiger partial charge is 0.223 e. The molecule has 1 unspecified atom stereocenters. The van der Waals surface area contributed by atoms with Crippen molar-refractivity contribution >= 4 is 5.91 Å². The zero-order valence-electron chi connectivity index (χ0n) is 6.42. The summed E-state index contributed by atoms with van der Waals surface area (Å²) < 4.78 is 0. The second-order valence-corrected chi connectivity index (χ2v) is 2.93.